The van der Waals surface area contributed by atoms with Gasteiger partial charge < -0.3 is 50.0 Å². The highest BCUT2D eigenvalue weighted by atomic mass is 16.5. The number of rotatable bonds is 23. The maximum atomic E-state index is 12.7. The number of aliphatic carboxylic acids is 4. The normalized spacial score (nSPS) is 18.4. The van der Waals surface area contributed by atoms with E-state index in [1.807, 2.05) is 31.2 Å². The number of carboxylic acid groups (broad SMARTS) is 4. The number of carboxylic acids is 4. The van der Waals surface area contributed by atoms with Crippen molar-refractivity contribution in [2.75, 3.05) is 105 Å². The summed E-state index contributed by atoms with van der Waals surface area (Å²) in [6.07, 6.45) is 1.24. The largest absolute Gasteiger partial charge is 0.491 e. The van der Waals surface area contributed by atoms with E-state index >= 15 is 0 Å². The van der Waals surface area contributed by atoms with Crippen molar-refractivity contribution in [3.63, 3.8) is 0 Å². The van der Waals surface area contributed by atoms with Gasteiger partial charge in [-0.05, 0) is 43.9 Å². The summed E-state index contributed by atoms with van der Waals surface area (Å²) in [5.41, 5.74) is 0.960. The number of carbonyl (C=O) groups is 4. The summed E-state index contributed by atoms with van der Waals surface area (Å²) in [5, 5.41) is 69.5. The van der Waals surface area contributed by atoms with Crippen molar-refractivity contribution in [2.24, 2.45) is 0 Å². The van der Waals surface area contributed by atoms with E-state index < -0.39 is 67.9 Å². The van der Waals surface area contributed by atoms with Gasteiger partial charge in [0.25, 0.3) is 0 Å². The van der Waals surface area contributed by atoms with Gasteiger partial charge in [0.1, 0.15) is 36.5 Å². The molecule has 1 aromatic rings. The molecule has 0 radical (unpaired) electrons. The standard InChI is InChI=1S/C34H56N4O14/c1-2-50-18-19-51-20-21-52-26-8-6-25(7-9-26)4-3-5-27(31(42)43)35-10-12-36(28(22-39)32(44)45)14-16-38(30(24-41)34(48)49)17-15-37(13-11-35)29(23-40)33(46)47/h6-9,27-30,39-41H,2-5,10-24H2,1H3,(H,42,43)(H,44,45)(H,46,47)(H,48,49)/t27-,28-,29?,30?/m0/s1. The molecular weight excluding hydrogens is 688 g/mol. The predicted molar refractivity (Wildman–Crippen MR) is 185 cm³/mol. The Bertz CT molecular complexity index is 1170. The molecular formula is C34H56N4O14. The summed E-state index contributed by atoms with van der Waals surface area (Å²) in [4.78, 5) is 54.6. The Kier molecular flexibility index (Phi) is 21.2. The second-order valence-corrected chi connectivity index (χ2v) is 12.3. The zero-order valence-corrected chi connectivity index (χ0v) is 29.8. The van der Waals surface area contributed by atoms with Crippen LogP contribution in [-0.4, -0.2) is 209 Å². The van der Waals surface area contributed by atoms with E-state index in [-0.39, 0.29) is 58.8 Å². The molecule has 1 aromatic carbocycles. The van der Waals surface area contributed by atoms with Crippen LogP contribution in [-0.2, 0) is 35.1 Å². The maximum absolute atomic E-state index is 12.7. The molecule has 0 amide bonds. The van der Waals surface area contributed by atoms with E-state index in [4.69, 9.17) is 14.2 Å². The van der Waals surface area contributed by atoms with Crippen LogP contribution in [0.2, 0.25) is 0 Å². The Labute approximate surface area is 303 Å². The van der Waals surface area contributed by atoms with Crippen LogP contribution in [0.5, 0.6) is 5.75 Å². The number of ether oxygens (including phenoxy) is 3. The lowest BCUT2D eigenvalue weighted by molar-refractivity contribution is -0.149. The summed E-state index contributed by atoms with van der Waals surface area (Å²) in [7, 11) is 0. The van der Waals surface area contributed by atoms with Gasteiger partial charge in [-0.15, -0.1) is 0 Å². The molecule has 0 aromatic heterocycles. The zero-order valence-electron chi connectivity index (χ0n) is 29.8. The lowest BCUT2D eigenvalue weighted by Crippen LogP contribution is -2.57. The van der Waals surface area contributed by atoms with E-state index in [2.05, 4.69) is 0 Å². The molecule has 1 aliphatic heterocycles. The van der Waals surface area contributed by atoms with E-state index in [1.165, 1.54) is 14.7 Å². The van der Waals surface area contributed by atoms with Gasteiger partial charge in [0.05, 0.1) is 39.6 Å². The van der Waals surface area contributed by atoms with Gasteiger partial charge in [0.2, 0.25) is 0 Å². The number of aryl methyl sites for hydroxylation is 1. The van der Waals surface area contributed by atoms with Gasteiger partial charge in [-0.3, -0.25) is 38.8 Å². The Balaban J connectivity index is 2.22. The van der Waals surface area contributed by atoms with Crippen molar-refractivity contribution in [3.8, 4) is 5.75 Å². The minimum absolute atomic E-state index is 0.0204. The second kappa shape index (κ2) is 24.7. The van der Waals surface area contributed by atoms with Crippen molar-refractivity contribution >= 4 is 23.9 Å². The minimum Gasteiger partial charge on any atom is -0.491 e. The van der Waals surface area contributed by atoms with Crippen molar-refractivity contribution < 1.29 is 69.1 Å². The molecule has 0 bridgehead atoms. The summed E-state index contributed by atoms with van der Waals surface area (Å²) in [6, 6.07) is 2.29. The van der Waals surface area contributed by atoms with Gasteiger partial charge in [-0.25, -0.2) is 0 Å². The molecule has 1 heterocycles. The molecule has 2 rings (SSSR count). The summed E-state index contributed by atoms with van der Waals surface area (Å²) in [6.45, 7) is 1.81. The number of aliphatic hydroxyl groups excluding tert-OH is 3. The minimum atomic E-state index is -1.38. The first-order valence-electron chi connectivity index (χ1n) is 17.5. The molecule has 296 valence electrons. The van der Waals surface area contributed by atoms with E-state index in [1.54, 1.807) is 4.90 Å². The third kappa shape index (κ3) is 15.3. The van der Waals surface area contributed by atoms with Crippen LogP contribution >= 0.6 is 0 Å². The predicted octanol–water partition coefficient (Wildman–Crippen LogP) is -1.55. The molecule has 7 N–H and O–H groups in total. The maximum Gasteiger partial charge on any atom is 0.323 e. The average molecular weight is 745 g/mol. The SMILES string of the molecule is CCOCCOCCOc1ccc(CCC[C@@H](C(=O)O)N2CCN(C(CO)C(=O)O)CCN(C(CO)C(=O)O)CCN([C@@H](CO)C(=O)O)CC2)cc1. The Morgan fingerprint density at radius 1 is 0.577 bits per heavy atom. The number of benzene rings is 1. The molecule has 0 spiro atoms. The van der Waals surface area contributed by atoms with E-state index in [0.29, 0.717) is 51.6 Å². The molecule has 0 saturated carbocycles. The van der Waals surface area contributed by atoms with Crippen LogP contribution in [0.25, 0.3) is 0 Å². The molecule has 1 aliphatic rings. The fourth-order valence-electron chi connectivity index (χ4n) is 6.07. The highest BCUT2D eigenvalue weighted by Gasteiger charge is 2.34. The van der Waals surface area contributed by atoms with Crippen LogP contribution in [0.1, 0.15) is 25.3 Å². The molecule has 0 aliphatic carbocycles. The van der Waals surface area contributed by atoms with Crippen LogP contribution in [0, 0.1) is 0 Å². The van der Waals surface area contributed by atoms with Crippen LogP contribution in [0.15, 0.2) is 24.3 Å². The van der Waals surface area contributed by atoms with Gasteiger partial charge >= 0.3 is 23.9 Å². The monoisotopic (exact) mass is 744 g/mol. The third-order valence-electron chi connectivity index (χ3n) is 9.06. The van der Waals surface area contributed by atoms with Crippen molar-refractivity contribution in [1.29, 1.82) is 0 Å². The quantitative estimate of drug-likeness (QED) is 0.0627. The third-order valence-corrected chi connectivity index (χ3v) is 9.06. The highest BCUT2D eigenvalue weighted by Crippen LogP contribution is 2.17. The highest BCUT2D eigenvalue weighted by molar-refractivity contribution is 5.75. The van der Waals surface area contributed by atoms with Crippen LogP contribution < -0.4 is 4.74 Å². The lowest BCUT2D eigenvalue weighted by Gasteiger charge is -2.39. The topological polar surface area (TPSA) is 251 Å². The number of aliphatic hydroxyl groups is 3. The summed E-state index contributed by atoms with van der Waals surface area (Å²) >= 11 is 0. The Morgan fingerprint density at radius 3 is 1.31 bits per heavy atom. The first kappa shape index (κ1) is 44.7. The summed E-state index contributed by atoms with van der Waals surface area (Å²) in [5.74, 6) is -4.43. The van der Waals surface area contributed by atoms with Crippen molar-refractivity contribution in [2.45, 2.75) is 50.4 Å². The molecule has 2 unspecified atom stereocenters. The number of nitrogens with zero attached hydrogens (tertiary/aromatic N) is 4. The lowest BCUT2D eigenvalue weighted by atomic mass is 10.0. The average Bonchev–Trinajstić information content (AvgIpc) is 3.10. The molecule has 4 atom stereocenters. The fraction of sp³-hybridized carbons (Fsp3) is 0.706. The van der Waals surface area contributed by atoms with E-state index in [0.717, 1.165) is 5.56 Å². The Hall–Kier alpha value is -3.46. The first-order chi connectivity index (χ1) is 25.0. The van der Waals surface area contributed by atoms with Crippen molar-refractivity contribution in [1.82, 2.24) is 19.6 Å². The van der Waals surface area contributed by atoms with Crippen LogP contribution in [0.4, 0.5) is 0 Å². The smallest absolute Gasteiger partial charge is 0.323 e. The summed E-state index contributed by atoms with van der Waals surface area (Å²) < 4.78 is 16.4. The molecule has 18 heteroatoms. The van der Waals surface area contributed by atoms with Gasteiger partial charge in [-0.2, -0.15) is 0 Å². The second-order valence-electron chi connectivity index (χ2n) is 12.3. The zero-order chi connectivity index (χ0) is 38.5. The first-order valence-corrected chi connectivity index (χ1v) is 17.5. The number of hydrogen-bond donors (Lipinski definition) is 7. The van der Waals surface area contributed by atoms with Gasteiger partial charge in [0.15, 0.2) is 0 Å². The number of hydrogen-bond acceptors (Lipinski definition) is 14. The molecule has 18 nitrogen and oxygen atoms in total. The molecule has 1 fully saturated rings. The van der Waals surface area contributed by atoms with Crippen molar-refractivity contribution in [3.05, 3.63) is 29.8 Å². The van der Waals surface area contributed by atoms with E-state index in [9.17, 15) is 54.9 Å². The molecule has 1 saturated heterocycles. The van der Waals surface area contributed by atoms with Gasteiger partial charge in [0, 0.05) is 59.0 Å². The van der Waals surface area contributed by atoms with Crippen LogP contribution in [0.3, 0.4) is 0 Å². The van der Waals surface area contributed by atoms with Gasteiger partial charge in [-0.1, -0.05) is 12.1 Å². The molecule has 52 heavy (non-hydrogen) atoms. The fourth-order valence-corrected chi connectivity index (χ4v) is 6.07. The Morgan fingerprint density at radius 2 is 0.942 bits per heavy atom.